The van der Waals surface area contributed by atoms with Crippen molar-refractivity contribution in [3.63, 3.8) is 0 Å². The van der Waals surface area contributed by atoms with Gasteiger partial charge >= 0.3 is 0 Å². The summed E-state index contributed by atoms with van der Waals surface area (Å²) in [6.45, 7) is 3.44. The van der Waals surface area contributed by atoms with E-state index in [4.69, 9.17) is 0 Å². The first-order valence-corrected chi connectivity index (χ1v) is 9.23. The maximum Gasteiger partial charge on any atom is 0.264 e. The van der Waals surface area contributed by atoms with Crippen LogP contribution in [0.1, 0.15) is 46.6 Å². The Kier molecular flexibility index (Phi) is 5.09. The number of thiophene rings is 1. The van der Waals surface area contributed by atoms with E-state index in [2.05, 4.69) is 5.32 Å². The van der Waals surface area contributed by atoms with Crippen molar-refractivity contribution in [2.75, 3.05) is 12.4 Å². The number of anilines is 1. The van der Waals surface area contributed by atoms with Gasteiger partial charge in [0, 0.05) is 18.5 Å². The molecule has 2 aromatic rings. The lowest BCUT2D eigenvalue weighted by molar-refractivity contribution is -0.117. The Hall–Kier alpha value is -2.28. The Morgan fingerprint density at radius 3 is 2.62 bits per heavy atom. The fourth-order valence-corrected chi connectivity index (χ4v) is 3.76. The summed E-state index contributed by atoms with van der Waals surface area (Å²) in [6.07, 6.45) is 1.81. The number of nitrogens with zero attached hydrogens (tertiary/aromatic N) is 1. The number of hydrogen-bond acceptors (Lipinski definition) is 3. The molecule has 1 fully saturated rings. The van der Waals surface area contributed by atoms with E-state index in [1.807, 2.05) is 0 Å². The summed E-state index contributed by atoms with van der Waals surface area (Å²) in [6, 6.07) is 4.34. The van der Waals surface area contributed by atoms with Crippen LogP contribution in [0.3, 0.4) is 0 Å². The van der Waals surface area contributed by atoms with Gasteiger partial charge in [-0.25, -0.2) is 8.78 Å². The standard InChI is InChI=1S/C19H20F2N2O2S/c1-10-8-16(22-18(24)12-4-5-12)26-17(10)19(25)23(3)11(2)14-9-13(20)6-7-15(14)21/h6-9,11-12H,4-5H2,1-3H3,(H,22,24). The number of carbonyl (C=O) groups is 2. The topological polar surface area (TPSA) is 49.4 Å². The minimum atomic E-state index is -0.635. The number of benzene rings is 1. The molecule has 2 amide bonds. The summed E-state index contributed by atoms with van der Waals surface area (Å²) >= 11 is 1.20. The van der Waals surface area contributed by atoms with Crippen LogP contribution in [0.5, 0.6) is 0 Å². The van der Waals surface area contributed by atoms with Gasteiger partial charge in [0.25, 0.3) is 5.91 Å². The van der Waals surface area contributed by atoms with Gasteiger partial charge in [-0.05, 0) is 56.5 Å². The van der Waals surface area contributed by atoms with Gasteiger partial charge in [0.1, 0.15) is 11.6 Å². The molecule has 138 valence electrons. The van der Waals surface area contributed by atoms with Gasteiger partial charge in [-0.1, -0.05) is 0 Å². The van der Waals surface area contributed by atoms with E-state index in [0.29, 0.717) is 9.88 Å². The number of amides is 2. The van der Waals surface area contributed by atoms with Crippen LogP contribution in [0, 0.1) is 24.5 Å². The van der Waals surface area contributed by atoms with Crippen LogP contribution >= 0.6 is 11.3 Å². The maximum absolute atomic E-state index is 14.0. The number of nitrogens with one attached hydrogen (secondary N) is 1. The van der Waals surface area contributed by atoms with Crippen molar-refractivity contribution < 1.29 is 18.4 Å². The second kappa shape index (κ2) is 7.15. The Morgan fingerprint density at radius 2 is 1.96 bits per heavy atom. The molecule has 0 saturated heterocycles. The number of carbonyl (C=O) groups excluding carboxylic acids is 2. The molecule has 26 heavy (non-hydrogen) atoms. The molecule has 1 atom stereocenters. The molecule has 1 aromatic carbocycles. The summed E-state index contributed by atoms with van der Waals surface area (Å²) < 4.78 is 27.5. The van der Waals surface area contributed by atoms with Crippen molar-refractivity contribution >= 4 is 28.2 Å². The third-order valence-corrected chi connectivity index (χ3v) is 5.76. The number of halogens is 2. The molecule has 1 unspecified atom stereocenters. The average Bonchev–Trinajstić information content (AvgIpc) is 3.39. The highest BCUT2D eigenvalue weighted by molar-refractivity contribution is 7.18. The summed E-state index contributed by atoms with van der Waals surface area (Å²) in [7, 11) is 1.55. The first-order chi connectivity index (χ1) is 12.3. The Bertz CT molecular complexity index is 861. The first-order valence-electron chi connectivity index (χ1n) is 8.41. The van der Waals surface area contributed by atoms with E-state index < -0.39 is 17.7 Å². The monoisotopic (exact) mass is 378 g/mol. The lowest BCUT2D eigenvalue weighted by Gasteiger charge is -2.25. The number of hydrogen-bond donors (Lipinski definition) is 1. The van der Waals surface area contributed by atoms with Crippen molar-refractivity contribution in [1.82, 2.24) is 4.90 Å². The molecule has 3 rings (SSSR count). The minimum absolute atomic E-state index is 0.0196. The second-order valence-electron chi connectivity index (χ2n) is 6.64. The maximum atomic E-state index is 14.0. The molecular formula is C19H20F2N2O2S. The van der Waals surface area contributed by atoms with Crippen LogP contribution in [-0.4, -0.2) is 23.8 Å². The minimum Gasteiger partial charge on any atom is -0.334 e. The predicted molar refractivity (Wildman–Crippen MR) is 97.3 cm³/mol. The van der Waals surface area contributed by atoms with Crippen molar-refractivity contribution in [2.24, 2.45) is 5.92 Å². The highest BCUT2D eigenvalue weighted by Crippen LogP contribution is 2.34. The summed E-state index contributed by atoms with van der Waals surface area (Å²) in [5.41, 5.74) is 0.863. The molecule has 7 heteroatoms. The lowest BCUT2D eigenvalue weighted by atomic mass is 10.1. The lowest BCUT2D eigenvalue weighted by Crippen LogP contribution is -2.30. The molecule has 0 aliphatic heterocycles. The molecule has 1 aliphatic rings. The van der Waals surface area contributed by atoms with E-state index in [1.54, 1.807) is 27.0 Å². The fraction of sp³-hybridized carbons (Fsp3) is 0.368. The molecule has 0 radical (unpaired) electrons. The zero-order valence-electron chi connectivity index (χ0n) is 14.8. The largest absolute Gasteiger partial charge is 0.334 e. The third kappa shape index (κ3) is 3.77. The second-order valence-corrected chi connectivity index (χ2v) is 7.70. The van der Waals surface area contributed by atoms with Crippen LogP contribution in [0.4, 0.5) is 13.8 Å². The van der Waals surface area contributed by atoms with Crippen LogP contribution < -0.4 is 5.32 Å². The van der Waals surface area contributed by atoms with Crippen molar-refractivity contribution in [3.8, 4) is 0 Å². The summed E-state index contributed by atoms with van der Waals surface area (Å²) in [5.74, 6) is -1.34. The van der Waals surface area contributed by atoms with E-state index in [-0.39, 0.29) is 23.3 Å². The van der Waals surface area contributed by atoms with Crippen molar-refractivity contribution in [3.05, 3.63) is 51.9 Å². The molecule has 1 aromatic heterocycles. The predicted octanol–water partition coefficient (Wildman–Crippen LogP) is 4.52. The SMILES string of the molecule is Cc1cc(NC(=O)C2CC2)sc1C(=O)N(C)C(C)c1cc(F)ccc1F. The van der Waals surface area contributed by atoms with Crippen molar-refractivity contribution in [2.45, 2.75) is 32.7 Å². The van der Waals surface area contributed by atoms with E-state index in [0.717, 1.165) is 36.6 Å². The Balaban J connectivity index is 1.78. The van der Waals surface area contributed by atoms with Crippen LogP contribution in [0.2, 0.25) is 0 Å². The molecule has 0 spiro atoms. The smallest absolute Gasteiger partial charge is 0.264 e. The van der Waals surface area contributed by atoms with E-state index >= 15 is 0 Å². The fourth-order valence-electron chi connectivity index (χ4n) is 2.70. The molecule has 1 N–H and O–H groups in total. The molecule has 1 heterocycles. The molecule has 0 bridgehead atoms. The van der Waals surface area contributed by atoms with Gasteiger partial charge in [-0.2, -0.15) is 0 Å². The van der Waals surface area contributed by atoms with E-state index in [1.165, 1.54) is 16.2 Å². The average molecular weight is 378 g/mol. The van der Waals surface area contributed by atoms with Crippen molar-refractivity contribution in [1.29, 1.82) is 0 Å². The van der Waals surface area contributed by atoms with E-state index in [9.17, 15) is 18.4 Å². The zero-order chi connectivity index (χ0) is 19.0. The van der Waals surface area contributed by atoms with Gasteiger partial charge < -0.3 is 10.2 Å². The van der Waals surface area contributed by atoms with Gasteiger partial charge in [0.2, 0.25) is 5.91 Å². The normalized spacial score (nSPS) is 14.8. The highest BCUT2D eigenvalue weighted by Gasteiger charge is 2.30. The quantitative estimate of drug-likeness (QED) is 0.832. The van der Waals surface area contributed by atoms with Crippen LogP contribution in [0.25, 0.3) is 0 Å². The van der Waals surface area contributed by atoms with Gasteiger partial charge in [0.15, 0.2) is 0 Å². The van der Waals surface area contributed by atoms with Gasteiger partial charge in [0.05, 0.1) is 15.9 Å². The van der Waals surface area contributed by atoms with Gasteiger partial charge in [-0.15, -0.1) is 11.3 Å². The summed E-state index contributed by atoms with van der Waals surface area (Å²) in [4.78, 5) is 26.6. The van der Waals surface area contributed by atoms with Crippen LogP contribution in [0.15, 0.2) is 24.3 Å². The summed E-state index contributed by atoms with van der Waals surface area (Å²) in [5, 5.41) is 3.46. The zero-order valence-corrected chi connectivity index (χ0v) is 15.6. The highest BCUT2D eigenvalue weighted by atomic mass is 32.1. The Labute approximate surface area is 154 Å². The van der Waals surface area contributed by atoms with Crippen LogP contribution in [-0.2, 0) is 4.79 Å². The molecule has 1 aliphatic carbocycles. The number of aryl methyl sites for hydroxylation is 1. The Morgan fingerprint density at radius 1 is 1.27 bits per heavy atom. The molecule has 1 saturated carbocycles. The van der Waals surface area contributed by atoms with Gasteiger partial charge in [-0.3, -0.25) is 9.59 Å². The number of rotatable bonds is 5. The molecular weight excluding hydrogens is 358 g/mol. The molecule has 4 nitrogen and oxygen atoms in total. The third-order valence-electron chi connectivity index (χ3n) is 4.62. The first kappa shape index (κ1) is 18.5.